The number of anilines is 2. The molecule has 2 amide bonds. The number of carbonyl (C=O) groups excluding carboxylic acids is 2. The molecule has 8 nitrogen and oxygen atoms in total. The van der Waals surface area contributed by atoms with Gasteiger partial charge in [0.15, 0.2) is 6.10 Å². The fraction of sp³-hybridized carbons (Fsp3) is 0.391. The Labute approximate surface area is 192 Å². The zero-order chi connectivity index (χ0) is 23.8. The number of hydrogen-bond donors (Lipinski definition) is 2. The summed E-state index contributed by atoms with van der Waals surface area (Å²) >= 11 is 0. The van der Waals surface area contributed by atoms with Crippen LogP contribution in [0.25, 0.3) is 0 Å². The number of hydrogen-bond acceptors (Lipinski definition) is 5. The van der Waals surface area contributed by atoms with Crippen LogP contribution < -0.4 is 15.4 Å². The van der Waals surface area contributed by atoms with E-state index in [4.69, 9.17) is 4.74 Å². The molecular weight excluding hydrogens is 449 g/mol. The highest BCUT2D eigenvalue weighted by Gasteiger charge is 2.36. The third kappa shape index (κ3) is 4.72. The number of carbonyl (C=O) groups is 2. The topological polar surface area (TPSA) is 105 Å². The summed E-state index contributed by atoms with van der Waals surface area (Å²) < 4.78 is 47.1. The number of halogens is 1. The number of ether oxygens (including phenoxy) is 1. The summed E-state index contributed by atoms with van der Waals surface area (Å²) in [4.78, 5) is 24.9. The minimum absolute atomic E-state index is 0.0427. The van der Waals surface area contributed by atoms with E-state index in [2.05, 4.69) is 10.6 Å². The fourth-order valence-electron chi connectivity index (χ4n) is 4.12. The van der Waals surface area contributed by atoms with Crippen molar-refractivity contribution >= 4 is 33.2 Å². The first kappa shape index (κ1) is 23.2. The number of nitrogens with zero attached hydrogens (tertiary/aromatic N) is 1. The molecule has 2 aromatic carbocycles. The number of nitrogens with one attached hydrogen (secondary N) is 2. The molecule has 0 bridgehead atoms. The van der Waals surface area contributed by atoms with Crippen molar-refractivity contribution in [1.82, 2.24) is 4.31 Å². The zero-order valence-corrected chi connectivity index (χ0v) is 19.2. The second kappa shape index (κ2) is 9.11. The van der Waals surface area contributed by atoms with Gasteiger partial charge in [0.05, 0.1) is 16.5 Å². The molecular formula is C23H26FN3O5S. The van der Waals surface area contributed by atoms with Crippen molar-refractivity contribution in [3.63, 3.8) is 0 Å². The summed E-state index contributed by atoms with van der Waals surface area (Å²) in [6.07, 6.45) is 0.869. The first-order valence-corrected chi connectivity index (χ1v) is 12.3. The smallest absolute Gasteiger partial charge is 0.265 e. The molecule has 0 unspecified atom stereocenters. The maximum Gasteiger partial charge on any atom is 0.265 e. The molecule has 1 saturated heterocycles. The molecule has 0 saturated carbocycles. The Morgan fingerprint density at radius 2 is 2.00 bits per heavy atom. The summed E-state index contributed by atoms with van der Waals surface area (Å²) in [5, 5.41) is 5.49. The van der Waals surface area contributed by atoms with E-state index in [1.807, 2.05) is 6.92 Å². The van der Waals surface area contributed by atoms with E-state index in [1.54, 1.807) is 13.0 Å². The lowest BCUT2D eigenvalue weighted by Crippen LogP contribution is -2.44. The number of amides is 2. The van der Waals surface area contributed by atoms with Crippen LogP contribution in [0.5, 0.6) is 5.75 Å². The van der Waals surface area contributed by atoms with Gasteiger partial charge in [-0.05, 0) is 62.1 Å². The summed E-state index contributed by atoms with van der Waals surface area (Å²) in [5.41, 5.74) is 1.37. The fourth-order valence-corrected chi connectivity index (χ4v) is 5.87. The molecule has 0 spiro atoms. The van der Waals surface area contributed by atoms with Gasteiger partial charge in [0, 0.05) is 24.8 Å². The van der Waals surface area contributed by atoms with Crippen LogP contribution in [0.2, 0.25) is 0 Å². The van der Waals surface area contributed by atoms with Gasteiger partial charge in [0.2, 0.25) is 15.9 Å². The van der Waals surface area contributed by atoms with Crippen LogP contribution in [-0.4, -0.2) is 43.7 Å². The Morgan fingerprint density at radius 3 is 2.70 bits per heavy atom. The van der Waals surface area contributed by atoms with Crippen molar-refractivity contribution in [2.45, 2.75) is 44.1 Å². The lowest BCUT2D eigenvalue weighted by Gasteiger charge is -2.32. The molecule has 0 aliphatic carbocycles. The number of fused-ring (bicyclic) bond motifs is 1. The highest BCUT2D eigenvalue weighted by Crippen LogP contribution is 2.36. The van der Waals surface area contributed by atoms with Gasteiger partial charge in [0.25, 0.3) is 5.91 Å². The number of aryl methyl sites for hydroxylation is 1. The standard InChI is InChI=1S/C23H26FN3O5S/c1-3-19-23(29)26-18-11-14(2)21(12-20(18)32-19)33(30,31)27-10-4-5-15(13-27)22(28)25-17-8-6-16(24)7-9-17/h6-9,11-12,15,19H,3-5,10,13H2,1-2H3,(H,25,28)(H,26,29)/t15-,19-/m0/s1. The van der Waals surface area contributed by atoms with Crippen LogP contribution in [0.15, 0.2) is 41.3 Å². The van der Waals surface area contributed by atoms with Gasteiger partial charge in [-0.15, -0.1) is 0 Å². The van der Waals surface area contributed by atoms with Crippen LogP contribution in [0.1, 0.15) is 31.7 Å². The second-order valence-electron chi connectivity index (χ2n) is 8.32. The number of piperidine rings is 1. The predicted octanol–water partition coefficient (Wildman–Crippen LogP) is 3.28. The van der Waals surface area contributed by atoms with Crippen LogP contribution in [0, 0.1) is 18.7 Å². The Bertz CT molecular complexity index is 1180. The SMILES string of the molecule is CC[C@@H]1Oc2cc(S(=O)(=O)N3CCC[C@H](C(=O)Nc4ccc(F)cc4)C3)c(C)cc2NC1=O. The Kier molecular flexibility index (Phi) is 6.40. The third-order valence-electron chi connectivity index (χ3n) is 5.95. The molecule has 33 heavy (non-hydrogen) atoms. The van der Waals surface area contributed by atoms with Crippen molar-refractivity contribution in [3.05, 3.63) is 47.8 Å². The summed E-state index contributed by atoms with van der Waals surface area (Å²) in [7, 11) is -3.90. The van der Waals surface area contributed by atoms with Gasteiger partial charge in [0.1, 0.15) is 11.6 Å². The predicted molar refractivity (Wildman–Crippen MR) is 121 cm³/mol. The summed E-state index contributed by atoms with van der Waals surface area (Å²) in [6.45, 7) is 3.81. The van der Waals surface area contributed by atoms with E-state index in [-0.39, 0.29) is 23.3 Å². The van der Waals surface area contributed by atoms with Crippen LogP contribution in [0.3, 0.4) is 0 Å². The molecule has 2 N–H and O–H groups in total. The lowest BCUT2D eigenvalue weighted by molar-refractivity contribution is -0.123. The Morgan fingerprint density at radius 1 is 1.27 bits per heavy atom. The average Bonchev–Trinajstić information content (AvgIpc) is 2.79. The second-order valence-corrected chi connectivity index (χ2v) is 10.2. The number of rotatable bonds is 5. The van der Waals surface area contributed by atoms with Crippen molar-refractivity contribution in [1.29, 1.82) is 0 Å². The van der Waals surface area contributed by atoms with Gasteiger partial charge in [-0.2, -0.15) is 4.31 Å². The first-order valence-electron chi connectivity index (χ1n) is 10.9. The molecule has 2 aliphatic heterocycles. The van der Waals surface area contributed by atoms with E-state index < -0.39 is 27.9 Å². The van der Waals surface area contributed by atoms with E-state index in [0.29, 0.717) is 48.5 Å². The lowest BCUT2D eigenvalue weighted by atomic mass is 9.99. The molecule has 1 fully saturated rings. The highest BCUT2D eigenvalue weighted by atomic mass is 32.2. The van der Waals surface area contributed by atoms with E-state index >= 15 is 0 Å². The average molecular weight is 476 g/mol. The van der Waals surface area contributed by atoms with Crippen LogP contribution >= 0.6 is 0 Å². The van der Waals surface area contributed by atoms with E-state index in [0.717, 1.165) is 0 Å². The quantitative estimate of drug-likeness (QED) is 0.691. The molecule has 2 aliphatic rings. The Balaban J connectivity index is 1.54. The van der Waals surface area contributed by atoms with Gasteiger partial charge in [-0.1, -0.05) is 6.92 Å². The summed E-state index contributed by atoms with van der Waals surface area (Å²) in [5.74, 6) is -1.19. The molecule has 2 atom stereocenters. The highest BCUT2D eigenvalue weighted by molar-refractivity contribution is 7.89. The Hall–Kier alpha value is -2.98. The number of benzene rings is 2. The molecule has 0 aromatic heterocycles. The minimum atomic E-state index is -3.90. The van der Waals surface area contributed by atoms with E-state index in [1.165, 1.54) is 34.6 Å². The molecule has 4 rings (SSSR count). The van der Waals surface area contributed by atoms with Crippen LogP contribution in [-0.2, 0) is 19.6 Å². The van der Waals surface area contributed by atoms with Crippen LogP contribution in [0.4, 0.5) is 15.8 Å². The summed E-state index contributed by atoms with van der Waals surface area (Å²) in [6, 6.07) is 8.46. The molecule has 10 heteroatoms. The van der Waals surface area contributed by atoms with Gasteiger partial charge < -0.3 is 15.4 Å². The van der Waals surface area contributed by atoms with Crippen molar-refractivity contribution in [2.24, 2.45) is 5.92 Å². The van der Waals surface area contributed by atoms with Gasteiger partial charge >= 0.3 is 0 Å². The normalized spacial score (nSPS) is 21.0. The maximum atomic E-state index is 13.5. The van der Waals surface area contributed by atoms with Gasteiger partial charge in [-0.3, -0.25) is 9.59 Å². The maximum absolute atomic E-state index is 13.5. The molecule has 0 radical (unpaired) electrons. The van der Waals surface area contributed by atoms with E-state index in [9.17, 15) is 22.4 Å². The van der Waals surface area contributed by atoms with Crippen molar-refractivity contribution in [2.75, 3.05) is 23.7 Å². The third-order valence-corrected chi connectivity index (χ3v) is 7.96. The molecule has 2 aromatic rings. The van der Waals surface area contributed by atoms with Crippen molar-refractivity contribution < 1.29 is 27.1 Å². The van der Waals surface area contributed by atoms with Crippen molar-refractivity contribution in [3.8, 4) is 5.75 Å². The number of sulfonamides is 1. The molecule has 2 heterocycles. The molecule has 176 valence electrons. The first-order chi connectivity index (χ1) is 15.7. The zero-order valence-electron chi connectivity index (χ0n) is 18.4. The monoisotopic (exact) mass is 475 g/mol. The van der Waals surface area contributed by atoms with Gasteiger partial charge in [-0.25, -0.2) is 12.8 Å². The minimum Gasteiger partial charge on any atom is -0.478 e. The largest absolute Gasteiger partial charge is 0.478 e.